The molecular weight excluding hydrogens is 382 g/mol. The van der Waals surface area contributed by atoms with Gasteiger partial charge in [-0.15, -0.1) is 0 Å². The molecule has 1 amide bonds. The Kier molecular flexibility index (Phi) is 5.94. The molecule has 0 spiro atoms. The maximum Gasteiger partial charge on any atom is 0.279 e. The summed E-state index contributed by atoms with van der Waals surface area (Å²) in [7, 11) is 1.68. The largest absolute Gasteiger partial charge is 0.497 e. The van der Waals surface area contributed by atoms with Crippen LogP contribution >= 0.6 is 15.9 Å². The second-order valence-electron chi connectivity index (χ2n) is 6.14. The monoisotopic (exact) mass is 404 g/mol. The molecule has 1 saturated heterocycles. The number of ether oxygens (including phenoxy) is 1. The number of hydrogen-bond donors (Lipinski definition) is 2. The van der Waals surface area contributed by atoms with Gasteiger partial charge < -0.3 is 19.9 Å². The molecule has 132 valence electrons. The minimum absolute atomic E-state index is 0.0554. The number of quaternary nitrogens is 1. The normalized spacial score (nSPS) is 15.0. The summed E-state index contributed by atoms with van der Waals surface area (Å²) >= 11 is 3.46. The summed E-state index contributed by atoms with van der Waals surface area (Å²) in [5.74, 6) is 0.927. The lowest BCUT2D eigenvalue weighted by molar-refractivity contribution is -0.892. The minimum Gasteiger partial charge on any atom is -0.497 e. The summed E-state index contributed by atoms with van der Waals surface area (Å²) < 4.78 is 6.11. The first kappa shape index (κ1) is 17.8. The van der Waals surface area contributed by atoms with E-state index in [9.17, 15) is 4.79 Å². The van der Waals surface area contributed by atoms with Crippen molar-refractivity contribution in [1.29, 1.82) is 0 Å². The predicted octanol–water partition coefficient (Wildman–Crippen LogP) is 1.80. The molecule has 0 radical (unpaired) electrons. The lowest BCUT2D eigenvalue weighted by Gasteiger charge is -2.33. The lowest BCUT2D eigenvalue weighted by atomic mass is 10.2. The number of benzene rings is 2. The van der Waals surface area contributed by atoms with Crippen LogP contribution < -0.4 is 19.9 Å². The quantitative estimate of drug-likeness (QED) is 0.798. The maximum absolute atomic E-state index is 12.3. The van der Waals surface area contributed by atoms with Gasteiger partial charge >= 0.3 is 0 Å². The molecule has 1 fully saturated rings. The molecule has 1 aliphatic heterocycles. The average Bonchev–Trinajstić information content (AvgIpc) is 2.64. The molecule has 2 N–H and O–H groups in total. The van der Waals surface area contributed by atoms with Gasteiger partial charge in [-0.2, -0.15) is 0 Å². The van der Waals surface area contributed by atoms with Crippen LogP contribution in [-0.4, -0.2) is 45.7 Å². The highest BCUT2D eigenvalue weighted by molar-refractivity contribution is 9.10. The molecule has 25 heavy (non-hydrogen) atoms. The van der Waals surface area contributed by atoms with Gasteiger partial charge in [0.05, 0.1) is 39.0 Å². The van der Waals surface area contributed by atoms with Crippen LogP contribution in [0.5, 0.6) is 5.75 Å². The molecule has 5 nitrogen and oxygen atoms in total. The van der Waals surface area contributed by atoms with Gasteiger partial charge in [0, 0.05) is 10.2 Å². The van der Waals surface area contributed by atoms with Crippen molar-refractivity contribution in [2.75, 3.05) is 50.1 Å². The van der Waals surface area contributed by atoms with Crippen LogP contribution in [0.4, 0.5) is 11.4 Å². The van der Waals surface area contributed by atoms with E-state index in [1.54, 1.807) is 7.11 Å². The number of nitrogens with one attached hydrogen (secondary N) is 2. The summed E-state index contributed by atoms with van der Waals surface area (Å²) in [4.78, 5) is 15.9. The molecule has 0 bridgehead atoms. The van der Waals surface area contributed by atoms with E-state index in [-0.39, 0.29) is 5.91 Å². The van der Waals surface area contributed by atoms with Crippen molar-refractivity contribution in [2.24, 2.45) is 0 Å². The molecule has 6 heteroatoms. The Morgan fingerprint density at radius 1 is 1.16 bits per heavy atom. The highest BCUT2D eigenvalue weighted by atomic mass is 79.9. The second kappa shape index (κ2) is 8.36. The third kappa shape index (κ3) is 4.74. The third-order valence-electron chi connectivity index (χ3n) is 4.47. The van der Waals surface area contributed by atoms with Gasteiger partial charge in [-0.3, -0.25) is 4.79 Å². The van der Waals surface area contributed by atoms with E-state index in [4.69, 9.17) is 4.74 Å². The zero-order valence-corrected chi connectivity index (χ0v) is 15.9. The van der Waals surface area contributed by atoms with E-state index in [1.165, 1.54) is 10.6 Å². The lowest BCUT2D eigenvalue weighted by Crippen LogP contribution is -3.15. The highest BCUT2D eigenvalue weighted by Gasteiger charge is 2.22. The standard InChI is InChI=1S/C19H22BrN3O2/c1-25-16-8-6-15(7-9-16)23-12-10-22(11-13-23)14-19(24)21-18-5-3-2-4-17(18)20/h2-9H,10-14H2,1H3,(H,21,24)/p+1. The Hall–Kier alpha value is -2.05. The van der Waals surface area contributed by atoms with E-state index < -0.39 is 0 Å². The first-order valence-corrected chi connectivity index (χ1v) is 9.22. The van der Waals surface area contributed by atoms with Gasteiger partial charge in [0.15, 0.2) is 6.54 Å². The van der Waals surface area contributed by atoms with Gasteiger partial charge in [0.25, 0.3) is 5.91 Å². The fraction of sp³-hybridized carbons (Fsp3) is 0.316. The van der Waals surface area contributed by atoms with E-state index in [2.05, 4.69) is 38.3 Å². The van der Waals surface area contributed by atoms with Crippen molar-refractivity contribution in [3.63, 3.8) is 0 Å². The smallest absolute Gasteiger partial charge is 0.279 e. The molecule has 1 aliphatic rings. The zero-order valence-electron chi connectivity index (χ0n) is 14.3. The van der Waals surface area contributed by atoms with Crippen LogP contribution in [0.25, 0.3) is 0 Å². The van der Waals surface area contributed by atoms with Gasteiger partial charge in [-0.05, 0) is 52.3 Å². The molecule has 2 aromatic carbocycles. The average molecular weight is 405 g/mol. The number of amides is 1. The van der Waals surface area contributed by atoms with Crippen molar-refractivity contribution < 1.29 is 14.4 Å². The van der Waals surface area contributed by atoms with Gasteiger partial charge in [-0.1, -0.05) is 12.1 Å². The van der Waals surface area contributed by atoms with Crippen molar-refractivity contribution in [3.8, 4) is 5.75 Å². The summed E-state index contributed by atoms with van der Waals surface area (Å²) in [5, 5.41) is 2.98. The van der Waals surface area contributed by atoms with E-state index in [0.29, 0.717) is 6.54 Å². The molecule has 0 aromatic heterocycles. The van der Waals surface area contributed by atoms with Crippen LogP contribution in [0.1, 0.15) is 0 Å². The van der Waals surface area contributed by atoms with E-state index in [1.807, 2.05) is 36.4 Å². The first-order valence-electron chi connectivity index (χ1n) is 8.42. The SMILES string of the molecule is COc1ccc(N2CC[NH+](CC(=O)Nc3ccccc3Br)CC2)cc1. The molecule has 0 atom stereocenters. The fourth-order valence-electron chi connectivity index (χ4n) is 3.04. The molecule has 2 aromatic rings. The van der Waals surface area contributed by atoms with Gasteiger partial charge in [0.2, 0.25) is 0 Å². The fourth-order valence-corrected chi connectivity index (χ4v) is 3.42. The van der Waals surface area contributed by atoms with Crippen LogP contribution in [0.3, 0.4) is 0 Å². The van der Waals surface area contributed by atoms with Crippen molar-refractivity contribution in [3.05, 3.63) is 53.0 Å². The number of anilines is 2. The van der Waals surface area contributed by atoms with Gasteiger partial charge in [0.1, 0.15) is 5.75 Å². The number of carbonyl (C=O) groups is 1. The zero-order chi connectivity index (χ0) is 17.6. The van der Waals surface area contributed by atoms with Crippen molar-refractivity contribution >= 4 is 33.2 Å². The summed E-state index contributed by atoms with van der Waals surface area (Å²) in [5.41, 5.74) is 2.03. The molecule has 0 aliphatic carbocycles. The third-order valence-corrected chi connectivity index (χ3v) is 5.16. The number of halogens is 1. The van der Waals surface area contributed by atoms with Crippen LogP contribution in [-0.2, 0) is 4.79 Å². The summed E-state index contributed by atoms with van der Waals surface area (Å²) in [6.07, 6.45) is 0. The van der Waals surface area contributed by atoms with E-state index >= 15 is 0 Å². The molecule has 0 saturated carbocycles. The number of piperazine rings is 1. The molecular formula is C19H23BrN3O2+. The topological polar surface area (TPSA) is 46.0 Å². The second-order valence-corrected chi connectivity index (χ2v) is 6.99. The Balaban J connectivity index is 1.48. The van der Waals surface area contributed by atoms with Crippen LogP contribution in [0, 0.1) is 0 Å². The molecule has 1 heterocycles. The Bertz CT molecular complexity index is 713. The number of hydrogen-bond acceptors (Lipinski definition) is 3. The Labute approximate surface area is 156 Å². The summed E-state index contributed by atoms with van der Waals surface area (Å²) in [6, 6.07) is 15.8. The number of nitrogens with zero attached hydrogens (tertiary/aromatic N) is 1. The first-order chi connectivity index (χ1) is 12.2. The number of rotatable bonds is 5. The van der Waals surface area contributed by atoms with Crippen LogP contribution in [0.2, 0.25) is 0 Å². The molecule has 0 unspecified atom stereocenters. The van der Waals surface area contributed by atoms with Crippen LogP contribution in [0.15, 0.2) is 53.0 Å². The van der Waals surface area contributed by atoms with Gasteiger partial charge in [-0.25, -0.2) is 0 Å². The predicted molar refractivity (Wildman–Crippen MR) is 104 cm³/mol. The Morgan fingerprint density at radius 2 is 1.84 bits per heavy atom. The number of para-hydroxylation sites is 1. The van der Waals surface area contributed by atoms with E-state index in [0.717, 1.165) is 42.1 Å². The Morgan fingerprint density at radius 3 is 2.48 bits per heavy atom. The maximum atomic E-state index is 12.3. The summed E-state index contributed by atoms with van der Waals surface area (Å²) in [6.45, 7) is 4.30. The van der Waals surface area contributed by atoms with Crippen molar-refractivity contribution in [1.82, 2.24) is 0 Å². The van der Waals surface area contributed by atoms with Crippen molar-refractivity contribution in [2.45, 2.75) is 0 Å². The highest BCUT2D eigenvalue weighted by Crippen LogP contribution is 2.21. The number of carbonyl (C=O) groups excluding carboxylic acids is 1. The minimum atomic E-state index is 0.0554. The molecule has 3 rings (SSSR count). The number of methoxy groups -OCH3 is 1.